The van der Waals surface area contributed by atoms with Gasteiger partial charge in [-0.25, -0.2) is 9.18 Å². The lowest BCUT2D eigenvalue weighted by molar-refractivity contribution is -0.138. The van der Waals surface area contributed by atoms with Crippen molar-refractivity contribution < 1.29 is 18.8 Å². The van der Waals surface area contributed by atoms with Crippen molar-refractivity contribution in [1.29, 1.82) is 0 Å². The van der Waals surface area contributed by atoms with Gasteiger partial charge in [-0.15, -0.1) is 0 Å². The number of amides is 4. The molecule has 2 heterocycles. The number of nitrogens with zero attached hydrogens (tertiary/aromatic N) is 2. The van der Waals surface area contributed by atoms with E-state index in [9.17, 15) is 18.8 Å². The third-order valence-corrected chi connectivity index (χ3v) is 4.68. The molecule has 1 unspecified atom stereocenters. The predicted molar refractivity (Wildman–Crippen MR) is 88.1 cm³/mol. The van der Waals surface area contributed by atoms with E-state index in [0.717, 1.165) is 17.9 Å². The highest BCUT2D eigenvalue weighted by Crippen LogP contribution is 2.28. The Labute approximate surface area is 145 Å². The van der Waals surface area contributed by atoms with Crippen molar-refractivity contribution in [3.63, 3.8) is 0 Å². The molecule has 1 atom stereocenters. The van der Waals surface area contributed by atoms with Crippen LogP contribution in [0.2, 0.25) is 0 Å². The number of carbonyl (C=O) groups is 3. The van der Waals surface area contributed by atoms with Gasteiger partial charge >= 0.3 is 6.03 Å². The molecule has 0 spiro atoms. The molecule has 25 heavy (non-hydrogen) atoms. The second-order valence-corrected chi connectivity index (χ2v) is 6.44. The highest BCUT2D eigenvalue weighted by Gasteiger charge is 2.49. The van der Waals surface area contributed by atoms with E-state index in [1.54, 1.807) is 11.8 Å². The lowest BCUT2D eigenvalue weighted by atomic mass is 9.92. The summed E-state index contributed by atoms with van der Waals surface area (Å²) >= 11 is 0. The molecule has 4 amide bonds. The van der Waals surface area contributed by atoms with Crippen LogP contribution in [0.3, 0.4) is 0 Å². The van der Waals surface area contributed by atoms with Crippen LogP contribution in [0, 0.1) is 5.82 Å². The van der Waals surface area contributed by atoms with E-state index in [2.05, 4.69) is 10.6 Å². The van der Waals surface area contributed by atoms with Crippen molar-refractivity contribution in [2.45, 2.75) is 18.9 Å². The summed E-state index contributed by atoms with van der Waals surface area (Å²) in [6.07, 6.45) is 0.833. The highest BCUT2D eigenvalue weighted by atomic mass is 19.1. The highest BCUT2D eigenvalue weighted by molar-refractivity contribution is 6.09. The van der Waals surface area contributed by atoms with Gasteiger partial charge in [0.2, 0.25) is 5.91 Å². The summed E-state index contributed by atoms with van der Waals surface area (Å²) in [7, 11) is 0. The molecule has 0 aromatic heterocycles. The van der Waals surface area contributed by atoms with Gasteiger partial charge in [0.15, 0.2) is 0 Å². The van der Waals surface area contributed by atoms with Crippen LogP contribution in [0.25, 0.3) is 0 Å². The SMILES string of the molecule is CC1(c2ccc(F)cc2)NC(=O)N(CC(=O)N2CCCNCC2)C1=O. The number of halogens is 1. The lowest BCUT2D eigenvalue weighted by Crippen LogP contribution is -2.45. The van der Waals surface area contributed by atoms with Crippen molar-refractivity contribution in [1.82, 2.24) is 20.4 Å². The Kier molecular flexibility index (Phi) is 4.71. The Bertz CT molecular complexity index is 686. The standard InChI is InChI=1S/C17H21FN4O3/c1-17(12-3-5-13(18)6-4-12)15(24)22(16(25)20-17)11-14(23)21-9-2-7-19-8-10-21/h3-6,19H,2,7-11H2,1H3,(H,20,25). The van der Waals surface area contributed by atoms with Gasteiger partial charge in [-0.1, -0.05) is 12.1 Å². The number of hydrogen-bond donors (Lipinski definition) is 2. The smallest absolute Gasteiger partial charge is 0.325 e. The van der Waals surface area contributed by atoms with Crippen LogP contribution in [0.1, 0.15) is 18.9 Å². The van der Waals surface area contributed by atoms with Gasteiger partial charge in [-0.2, -0.15) is 0 Å². The van der Waals surface area contributed by atoms with Crippen LogP contribution in [0.15, 0.2) is 24.3 Å². The van der Waals surface area contributed by atoms with E-state index in [1.165, 1.54) is 24.3 Å². The zero-order chi connectivity index (χ0) is 18.0. The summed E-state index contributed by atoms with van der Waals surface area (Å²) in [6.45, 7) is 3.96. The molecule has 7 nitrogen and oxygen atoms in total. The third kappa shape index (κ3) is 3.34. The summed E-state index contributed by atoms with van der Waals surface area (Å²) in [4.78, 5) is 40.1. The van der Waals surface area contributed by atoms with Gasteiger partial charge in [0, 0.05) is 19.6 Å². The summed E-state index contributed by atoms with van der Waals surface area (Å²) in [5.74, 6) is -1.19. The minimum Gasteiger partial charge on any atom is -0.340 e. The first-order valence-electron chi connectivity index (χ1n) is 8.30. The molecule has 1 aromatic carbocycles. The monoisotopic (exact) mass is 348 g/mol. The molecule has 8 heteroatoms. The van der Waals surface area contributed by atoms with Crippen molar-refractivity contribution in [2.24, 2.45) is 0 Å². The molecule has 2 aliphatic rings. The number of rotatable bonds is 3. The van der Waals surface area contributed by atoms with Crippen LogP contribution in [-0.2, 0) is 15.1 Å². The zero-order valence-electron chi connectivity index (χ0n) is 14.0. The molecule has 2 saturated heterocycles. The Morgan fingerprint density at radius 2 is 1.92 bits per heavy atom. The fourth-order valence-electron chi connectivity index (χ4n) is 3.15. The van der Waals surface area contributed by atoms with Crippen molar-refractivity contribution in [3.05, 3.63) is 35.6 Å². The molecular weight excluding hydrogens is 327 g/mol. The van der Waals surface area contributed by atoms with Crippen LogP contribution >= 0.6 is 0 Å². The third-order valence-electron chi connectivity index (χ3n) is 4.68. The molecule has 0 bridgehead atoms. The largest absolute Gasteiger partial charge is 0.340 e. The molecule has 2 N–H and O–H groups in total. The van der Waals surface area contributed by atoms with E-state index >= 15 is 0 Å². The van der Waals surface area contributed by atoms with Gasteiger partial charge < -0.3 is 15.5 Å². The molecule has 3 rings (SSSR count). The molecule has 0 saturated carbocycles. The average Bonchev–Trinajstić information content (AvgIpc) is 2.81. The van der Waals surface area contributed by atoms with Crippen LogP contribution in [-0.4, -0.2) is 60.4 Å². The van der Waals surface area contributed by atoms with Crippen molar-refractivity contribution in [3.8, 4) is 0 Å². The van der Waals surface area contributed by atoms with Crippen LogP contribution in [0.5, 0.6) is 0 Å². The molecule has 1 aromatic rings. The number of nitrogens with one attached hydrogen (secondary N) is 2. The maximum Gasteiger partial charge on any atom is 0.325 e. The summed E-state index contributed by atoms with van der Waals surface area (Å²) < 4.78 is 13.1. The van der Waals surface area contributed by atoms with E-state index in [0.29, 0.717) is 25.2 Å². The first-order chi connectivity index (χ1) is 11.9. The predicted octanol–water partition coefficient (Wildman–Crippen LogP) is 0.415. The fraction of sp³-hybridized carbons (Fsp3) is 0.471. The van der Waals surface area contributed by atoms with E-state index < -0.39 is 23.3 Å². The topological polar surface area (TPSA) is 81.8 Å². The lowest BCUT2D eigenvalue weighted by Gasteiger charge is -2.24. The normalized spacial score (nSPS) is 24.2. The van der Waals surface area contributed by atoms with E-state index in [-0.39, 0.29) is 12.5 Å². The van der Waals surface area contributed by atoms with Gasteiger partial charge in [0.05, 0.1) is 0 Å². The second-order valence-electron chi connectivity index (χ2n) is 6.44. The Hall–Kier alpha value is -2.48. The number of carbonyl (C=O) groups excluding carboxylic acids is 3. The van der Waals surface area contributed by atoms with Crippen molar-refractivity contribution in [2.75, 3.05) is 32.7 Å². The Morgan fingerprint density at radius 1 is 1.20 bits per heavy atom. The molecule has 134 valence electrons. The molecule has 2 fully saturated rings. The average molecular weight is 348 g/mol. The second kappa shape index (κ2) is 6.79. The number of benzene rings is 1. The molecule has 2 aliphatic heterocycles. The number of imide groups is 1. The molecule has 0 radical (unpaired) electrons. The van der Waals surface area contributed by atoms with Gasteiger partial charge in [-0.05, 0) is 37.6 Å². The first kappa shape index (κ1) is 17.3. The first-order valence-corrected chi connectivity index (χ1v) is 8.30. The maximum absolute atomic E-state index is 13.1. The van der Waals surface area contributed by atoms with Gasteiger partial charge in [0.1, 0.15) is 17.9 Å². The van der Waals surface area contributed by atoms with Crippen LogP contribution in [0.4, 0.5) is 9.18 Å². The Balaban J connectivity index is 1.74. The zero-order valence-corrected chi connectivity index (χ0v) is 14.0. The summed E-state index contributed by atoms with van der Waals surface area (Å²) in [5, 5.41) is 5.82. The quantitative estimate of drug-likeness (QED) is 0.776. The van der Waals surface area contributed by atoms with E-state index in [1.807, 2.05) is 0 Å². The molecular formula is C17H21FN4O3. The Morgan fingerprint density at radius 3 is 2.64 bits per heavy atom. The molecule has 0 aliphatic carbocycles. The minimum absolute atomic E-state index is 0.254. The maximum atomic E-state index is 13.1. The van der Waals surface area contributed by atoms with Gasteiger partial charge in [-0.3, -0.25) is 14.5 Å². The fourth-order valence-corrected chi connectivity index (χ4v) is 3.15. The number of urea groups is 1. The summed E-state index contributed by atoms with van der Waals surface area (Å²) in [6, 6.07) is 4.77. The van der Waals surface area contributed by atoms with Crippen LogP contribution < -0.4 is 10.6 Å². The van der Waals surface area contributed by atoms with Gasteiger partial charge in [0.25, 0.3) is 5.91 Å². The number of hydrogen-bond acceptors (Lipinski definition) is 4. The van der Waals surface area contributed by atoms with Crippen molar-refractivity contribution >= 4 is 17.8 Å². The summed E-state index contributed by atoms with van der Waals surface area (Å²) in [5.41, 5.74) is -0.827. The van der Waals surface area contributed by atoms with E-state index in [4.69, 9.17) is 0 Å². The minimum atomic E-state index is -1.30.